The lowest BCUT2D eigenvalue weighted by molar-refractivity contribution is 0.293. The summed E-state index contributed by atoms with van der Waals surface area (Å²) in [5.74, 6) is 3.32. The Morgan fingerprint density at radius 3 is 2.94 bits per heavy atom. The van der Waals surface area contributed by atoms with Crippen molar-refractivity contribution in [3.8, 4) is 0 Å². The zero-order valence-electron chi connectivity index (χ0n) is 11.7. The Morgan fingerprint density at radius 1 is 1.39 bits per heavy atom. The van der Waals surface area contributed by atoms with Crippen molar-refractivity contribution in [2.45, 2.75) is 39.5 Å². The minimum Gasteiger partial charge on any atom is -0.369 e. The second-order valence-corrected chi connectivity index (χ2v) is 5.49. The average Bonchev–Trinajstić information content (AvgIpc) is 2.38. The third-order valence-electron chi connectivity index (χ3n) is 3.80. The second-order valence-electron chi connectivity index (χ2n) is 5.49. The van der Waals surface area contributed by atoms with Crippen LogP contribution in [-0.4, -0.2) is 23.6 Å². The zero-order chi connectivity index (χ0) is 13.0. The van der Waals surface area contributed by atoms with Gasteiger partial charge in [0.15, 0.2) is 0 Å². The van der Waals surface area contributed by atoms with Gasteiger partial charge in [0.25, 0.3) is 0 Å². The Balaban J connectivity index is 1.92. The van der Waals surface area contributed by atoms with Gasteiger partial charge >= 0.3 is 0 Å². The van der Waals surface area contributed by atoms with Gasteiger partial charge in [0, 0.05) is 25.4 Å². The van der Waals surface area contributed by atoms with Crippen molar-refractivity contribution in [1.29, 1.82) is 0 Å². The van der Waals surface area contributed by atoms with Crippen LogP contribution in [0.15, 0.2) is 6.20 Å². The molecule has 18 heavy (non-hydrogen) atoms. The van der Waals surface area contributed by atoms with Crippen molar-refractivity contribution in [3.63, 3.8) is 0 Å². The molecule has 2 rings (SSSR count). The van der Waals surface area contributed by atoms with Crippen molar-refractivity contribution in [2.75, 3.05) is 24.2 Å². The molecular formula is C14H24N4. The maximum absolute atomic E-state index is 4.46. The van der Waals surface area contributed by atoms with E-state index in [0.717, 1.165) is 29.8 Å². The molecule has 0 saturated heterocycles. The van der Waals surface area contributed by atoms with E-state index < -0.39 is 0 Å². The fraction of sp³-hybridized carbons (Fsp3) is 0.714. The molecule has 1 heterocycles. The first-order valence-electron chi connectivity index (χ1n) is 6.94. The van der Waals surface area contributed by atoms with Crippen LogP contribution in [0.1, 0.15) is 38.2 Å². The topological polar surface area (TPSA) is 49.8 Å². The highest BCUT2D eigenvalue weighted by atomic mass is 15.1. The Hall–Kier alpha value is -1.32. The lowest BCUT2D eigenvalue weighted by Gasteiger charge is -2.27. The quantitative estimate of drug-likeness (QED) is 0.860. The normalized spacial score (nSPS) is 23.7. The molecule has 0 spiro atoms. The van der Waals surface area contributed by atoms with Crippen LogP contribution in [0.4, 0.5) is 11.8 Å². The number of aromatic nitrogens is 2. The first-order chi connectivity index (χ1) is 8.69. The average molecular weight is 248 g/mol. The number of hydrogen-bond donors (Lipinski definition) is 2. The van der Waals surface area contributed by atoms with E-state index in [0.29, 0.717) is 5.95 Å². The molecule has 2 atom stereocenters. The maximum Gasteiger partial charge on any atom is 0.224 e. The van der Waals surface area contributed by atoms with Gasteiger partial charge in [-0.25, -0.2) is 4.98 Å². The van der Waals surface area contributed by atoms with Gasteiger partial charge in [-0.2, -0.15) is 4.98 Å². The molecule has 4 nitrogen and oxygen atoms in total. The lowest BCUT2D eigenvalue weighted by atomic mass is 9.82. The minimum absolute atomic E-state index is 0.681. The van der Waals surface area contributed by atoms with E-state index in [4.69, 9.17) is 0 Å². The highest BCUT2D eigenvalue weighted by Gasteiger charge is 2.18. The van der Waals surface area contributed by atoms with Crippen LogP contribution >= 0.6 is 0 Å². The lowest BCUT2D eigenvalue weighted by Crippen LogP contribution is -2.21. The van der Waals surface area contributed by atoms with Gasteiger partial charge < -0.3 is 10.6 Å². The van der Waals surface area contributed by atoms with E-state index in [9.17, 15) is 0 Å². The molecule has 1 fully saturated rings. The molecular weight excluding hydrogens is 224 g/mol. The van der Waals surface area contributed by atoms with Crippen LogP contribution in [0, 0.1) is 18.8 Å². The van der Waals surface area contributed by atoms with E-state index in [2.05, 4.69) is 27.5 Å². The van der Waals surface area contributed by atoms with E-state index in [-0.39, 0.29) is 0 Å². The summed E-state index contributed by atoms with van der Waals surface area (Å²) in [6.45, 7) is 5.44. The highest BCUT2D eigenvalue weighted by Crippen LogP contribution is 2.28. The summed E-state index contributed by atoms with van der Waals surface area (Å²) in [6.07, 6.45) is 7.33. The number of aryl methyl sites for hydroxylation is 1. The molecule has 1 aromatic heterocycles. The molecule has 2 unspecified atom stereocenters. The Morgan fingerprint density at radius 2 is 2.22 bits per heavy atom. The molecule has 100 valence electrons. The summed E-state index contributed by atoms with van der Waals surface area (Å²) < 4.78 is 0. The van der Waals surface area contributed by atoms with Gasteiger partial charge in [-0.15, -0.1) is 0 Å². The van der Waals surface area contributed by atoms with Crippen molar-refractivity contribution in [3.05, 3.63) is 11.8 Å². The van der Waals surface area contributed by atoms with Crippen LogP contribution in [-0.2, 0) is 0 Å². The summed E-state index contributed by atoms with van der Waals surface area (Å²) in [5.41, 5.74) is 1.11. The summed E-state index contributed by atoms with van der Waals surface area (Å²) in [4.78, 5) is 8.66. The van der Waals surface area contributed by atoms with Gasteiger partial charge in [0.2, 0.25) is 5.95 Å². The molecule has 0 aromatic carbocycles. The predicted octanol–water partition coefficient (Wildman–Crippen LogP) is 3.06. The number of rotatable bonds is 4. The fourth-order valence-electron chi connectivity index (χ4n) is 2.73. The van der Waals surface area contributed by atoms with Crippen LogP contribution in [0.3, 0.4) is 0 Å². The first kappa shape index (κ1) is 13.1. The molecule has 2 N–H and O–H groups in total. The first-order valence-corrected chi connectivity index (χ1v) is 6.94. The predicted molar refractivity (Wildman–Crippen MR) is 75.9 cm³/mol. The van der Waals surface area contributed by atoms with Gasteiger partial charge in [0.1, 0.15) is 5.82 Å². The third kappa shape index (κ3) is 3.34. The Bertz CT molecular complexity index is 391. The van der Waals surface area contributed by atoms with E-state index in [1.54, 1.807) is 0 Å². The standard InChI is InChI=1S/C14H24N4/c1-10-5-4-6-12(7-10)9-16-13-11(2)8-17-14(15-3)18-13/h8,10,12H,4-7,9H2,1-3H3,(H2,15,16,17,18). The van der Waals surface area contributed by atoms with E-state index >= 15 is 0 Å². The third-order valence-corrected chi connectivity index (χ3v) is 3.80. The minimum atomic E-state index is 0.681. The largest absolute Gasteiger partial charge is 0.369 e. The van der Waals surface area contributed by atoms with E-state index in [1.165, 1.54) is 25.7 Å². The Labute approximate surface area is 110 Å². The molecule has 0 aliphatic heterocycles. The van der Waals surface area contributed by atoms with Crippen molar-refractivity contribution < 1.29 is 0 Å². The van der Waals surface area contributed by atoms with Crippen LogP contribution in [0.25, 0.3) is 0 Å². The molecule has 0 radical (unpaired) electrons. The smallest absolute Gasteiger partial charge is 0.224 e. The van der Waals surface area contributed by atoms with Gasteiger partial charge in [-0.05, 0) is 31.6 Å². The zero-order valence-corrected chi connectivity index (χ0v) is 11.7. The van der Waals surface area contributed by atoms with E-state index in [1.807, 2.05) is 20.2 Å². The molecule has 0 bridgehead atoms. The molecule has 1 aliphatic carbocycles. The SMILES string of the molecule is CNc1ncc(C)c(NCC2CCCC(C)C2)n1. The number of anilines is 2. The fourth-order valence-corrected chi connectivity index (χ4v) is 2.73. The van der Waals surface area contributed by atoms with Crippen molar-refractivity contribution >= 4 is 11.8 Å². The molecule has 4 heteroatoms. The van der Waals surface area contributed by atoms with Crippen LogP contribution in [0.5, 0.6) is 0 Å². The Kier molecular flexibility index (Phi) is 4.39. The monoisotopic (exact) mass is 248 g/mol. The van der Waals surface area contributed by atoms with Gasteiger partial charge in [-0.1, -0.05) is 19.8 Å². The number of nitrogens with zero attached hydrogens (tertiary/aromatic N) is 2. The molecule has 0 amide bonds. The van der Waals surface area contributed by atoms with Crippen molar-refractivity contribution in [1.82, 2.24) is 9.97 Å². The van der Waals surface area contributed by atoms with Crippen LogP contribution in [0.2, 0.25) is 0 Å². The summed E-state index contributed by atoms with van der Waals surface area (Å²) >= 11 is 0. The molecule has 1 saturated carbocycles. The second kappa shape index (κ2) is 6.03. The van der Waals surface area contributed by atoms with Gasteiger partial charge in [0.05, 0.1) is 0 Å². The highest BCUT2D eigenvalue weighted by molar-refractivity contribution is 5.46. The van der Waals surface area contributed by atoms with Crippen molar-refractivity contribution in [2.24, 2.45) is 11.8 Å². The van der Waals surface area contributed by atoms with Gasteiger partial charge in [-0.3, -0.25) is 0 Å². The number of hydrogen-bond acceptors (Lipinski definition) is 4. The summed E-state index contributed by atoms with van der Waals surface area (Å²) in [5, 5.41) is 6.46. The number of nitrogens with one attached hydrogen (secondary N) is 2. The maximum atomic E-state index is 4.46. The molecule has 1 aliphatic rings. The summed E-state index contributed by atoms with van der Waals surface area (Å²) in [6, 6.07) is 0. The van der Waals surface area contributed by atoms with Crippen LogP contribution < -0.4 is 10.6 Å². The summed E-state index contributed by atoms with van der Waals surface area (Å²) in [7, 11) is 1.84. The molecule has 1 aromatic rings.